The van der Waals surface area contributed by atoms with E-state index >= 15 is 0 Å². The largest absolute Gasteiger partial charge is 0.454 e. The normalized spacial score (nSPS) is 16.7. The van der Waals surface area contributed by atoms with Crippen LogP contribution in [0.1, 0.15) is 28.8 Å². The van der Waals surface area contributed by atoms with E-state index in [4.69, 9.17) is 19.6 Å². The fourth-order valence-electron chi connectivity index (χ4n) is 4.56. The topological polar surface area (TPSA) is 120 Å². The molecule has 10 heteroatoms. The fourth-order valence-corrected chi connectivity index (χ4v) is 4.56. The predicted octanol–water partition coefficient (Wildman–Crippen LogP) is 1.97. The van der Waals surface area contributed by atoms with E-state index in [2.05, 4.69) is 10.3 Å². The molecule has 1 fully saturated rings. The number of benzene rings is 1. The Morgan fingerprint density at radius 3 is 2.91 bits per heavy atom. The van der Waals surface area contributed by atoms with E-state index in [1.54, 1.807) is 35.0 Å². The number of aromatic nitrogens is 3. The first-order valence-electron chi connectivity index (χ1n) is 11.5. The highest BCUT2D eigenvalue weighted by molar-refractivity contribution is 5.96. The van der Waals surface area contributed by atoms with Crippen LogP contribution in [-0.4, -0.2) is 39.4 Å². The van der Waals surface area contributed by atoms with Crippen molar-refractivity contribution in [3.8, 4) is 11.5 Å². The van der Waals surface area contributed by atoms with Gasteiger partial charge >= 0.3 is 0 Å². The highest BCUT2D eigenvalue weighted by Gasteiger charge is 2.22. The van der Waals surface area contributed by atoms with Crippen LogP contribution in [0.15, 0.2) is 53.5 Å². The highest BCUT2D eigenvalue weighted by atomic mass is 16.7. The van der Waals surface area contributed by atoms with Gasteiger partial charge in [-0.2, -0.15) is 0 Å². The van der Waals surface area contributed by atoms with Gasteiger partial charge in [-0.15, -0.1) is 0 Å². The van der Waals surface area contributed by atoms with E-state index in [0.717, 1.165) is 18.4 Å². The van der Waals surface area contributed by atoms with Crippen molar-refractivity contribution in [2.45, 2.75) is 32.0 Å². The van der Waals surface area contributed by atoms with E-state index in [0.29, 0.717) is 35.9 Å². The maximum absolute atomic E-state index is 13.3. The number of hydrogen-bond acceptors (Lipinski definition) is 7. The van der Waals surface area contributed by atoms with Crippen LogP contribution in [-0.2, 0) is 17.8 Å². The molecule has 35 heavy (non-hydrogen) atoms. The van der Waals surface area contributed by atoms with E-state index in [-0.39, 0.29) is 41.4 Å². The third-order valence-corrected chi connectivity index (χ3v) is 6.36. The first-order chi connectivity index (χ1) is 17.1. The van der Waals surface area contributed by atoms with Crippen molar-refractivity contribution in [2.24, 2.45) is 0 Å². The van der Waals surface area contributed by atoms with Gasteiger partial charge in [-0.25, -0.2) is 4.98 Å². The molecule has 5 heterocycles. The van der Waals surface area contributed by atoms with E-state index < -0.39 is 5.91 Å². The van der Waals surface area contributed by atoms with Crippen LogP contribution in [0.3, 0.4) is 0 Å². The zero-order chi connectivity index (χ0) is 23.9. The quantitative estimate of drug-likeness (QED) is 0.428. The summed E-state index contributed by atoms with van der Waals surface area (Å²) in [5, 5.41) is 12.0. The van der Waals surface area contributed by atoms with E-state index in [9.17, 15) is 9.59 Å². The maximum Gasteiger partial charge on any atom is 0.267 e. The third kappa shape index (κ3) is 3.81. The minimum Gasteiger partial charge on any atom is -0.454 e. The monoisotopic (exact) mass is 473 g/mol. The minimum absolute atomic E-state index is 0.0108. The van der Waals surface area contributed by atoms with Crippen LogP contribution in [0, 0.1) is 5.41 Å². The zero-order valence-corrected chi connectivity index (χ0v) is 18.8. The number of nitrogens with one attached hydrogen (secondary N) is 2. The SMILES string of the molecule is N=c1c(C(=O)NCc2ccc3c(c2)OCO3)cc2c(=O)n3ccccc3nc2n1C[C@@H]1CCCO1. The van der Waals surface area contributed by atoms with Gasteiger partial charge in [0, 0.05) is 19.3 Å². The smallest absolute Gasteiger partial charge is 0.267 e. The number of ether oxygens (including phenoxy) is 3. The van der Waals surface area contributed by atoms with E-state index in [1.165, 1.54) is 10.5 Å². The van der Waals surface area contributed by atoms with Crippen molar-refractivity contribution in [1.29, 1.82) is 5.41 Å². The van der Waals surface area contributed by atoms with Crippen LogP contribution < -0.4 is 25.8 Å². The average Bonchev–Trinajstić information content (AvgIpc) is 3.56. The van der Waals surface area contributed by atoms with Gasteiger partial charge in [0.2, 0.25) is 6.79 Å². The Hall–Kier alpha value is -4.18. The molecule has 10 nitrogen and oxygen atoms in total. The van der Waals surface area contributed by atoms with Crippen LogP contribution in [0.25, 0.3) is 16.7 Å². The summed E-state index contributed by atoms with van der Waals surface area (Å²) in [4.78, 5) is 31.2. The highest BCUT2D eigenvalue weighted by Crippen LogP contribution is 2.32. The lowest BCUT2D eigenvalue weighted by Crippen LogP contribution is -2.36. The van der Waals surface area contributed by atoms with Gasteiger partial charge in [0.15, 0.2) is 11.5 Å². The molecule has 6 rings (SSSR count). The number of fused-ring (bicyclic) bond motifs is 3. The van der Waals surface area contributed by atoms with Gasteiger partial charge in [-0.05, 0) is 48.7 Å². The molecule has 0 aliphatic carbocycles. The number of rotatable bonds is 5. The summed E-state index contributed by atoms with van der Waals surface area (Å²) in [5.74, 6) is 0.843. The van der Waals surface area contributed by atoms with Crippen molar-refractivity contribution in [3.05, 3.63) is 75.6 Å². The van der Waals surface area contributed by atoms with Crippen LogP contribution in [0.4, 0.5) is 0 Å². The molecule has 2 aliphatic heterocycles. The van der Waals surface area contributed by atoms with Gasteiger partial charge in [0.25, 0.3) is 11.5 Å². The second-order valence-electron chi connectivity index (χ2n) is 8.61. The van der Waals surface area contributed by atoms with Crippen molar-refractivity contribution in [3.63, 3.8) is 0 Å². The predicted molar refractivity (Wildman–Crippen MR) is 126 cm³/mol. The molecule has 1 saturated heterocycles. The molecule has 0 saturated carbocycles. The number of carbonyl (C=O) groups is 1. The second kappa shape index (κ2) is 8.55. The Balaban J connectivity index is 1.41. The molecule has 0 unspecified atom stereocenters. The summed E-state index contributed by atoms with van der Waals surface area (Å²) >= 11 is 0. The lowest BCUT2D eigenvalue weighted by molar-refractivity contribution is 0.0931. The van der Waals surface area contributed by atoms with Crippen molar-refractivity contribution >= 4 is 22.6 Å². The average molecular weight is 473 g/mol. The summed E-state index contributed by atoms with van der Waals surface area (Å²) in [6.07, 6.45) is 3.32. The molecule has 178 valence electrons. The van der Waals surface area contributed by atoms with Crippen LogP contribution in [0.5, 0.6) is 11.5 Å². The maximum atomic E-state index is 13.3. The molecular weight excluding hydrogens is 450 g/mol. The van der Waals surface area contributed by atoms with Crippen LogP contribution >= 0.6 is 0 Å². The number of hydrogen-bond donors (Lipinski definition) is 2. The summed E-state index contributed by atoms with van der Waals surface area (Å²) in [6, 6.07) is 12.2. The number of carbonyl (C=O) groups excluding carboxylic acids is 1. The molecule has 0 bridgehead atoms. The van der Waals surface area contributed by atoms with Gasteiger partial charge in [0.05, 0.1) is 23.6 Å². The molecule has 0 radical (unpaired) electrons. The molecule has 3 aromatic heterocycles. The van der Waals surface area contributed by atoms with Crippen molar-refractivity contribution in [1.82, 2.24) is 19.3 Å². The molecule has 1 atom stereocenters. The van der Waals surface area contributed by atoms with Crippen molar-refractivity contribution < 1.29 is 19.0 Å². The summed E-state index contributed by atoms with van der Waals surface area (Å²) in [6.45, 7) is 1.40. The molecule has 2 N–H and O–H groups in total. The third-order valence-electron chi connectivity index (χ3n) is 6.36. The Morgan fingerprint density at radius 2 is 2.06 bits per heavy atom. The first kappa shape index (κ1) is 21.4. The minimum atomic E-state index is -0.451. The van der Waals surface area contributed by atoms with Gasteiger partial charge in [0.1, 0.15) is 16.8 Å². The Bertz CT molecular complexity index is 1590. The molecule has 0 spiro atoms. The summed E-state index contributed by atoms with van der Waals surface area (Å²) in [5.41, 5.74) is 1.47. The Kier molecular flexibility index (Phi) is 5.22. The summed E-state index contributed by atoms with van der Waals surface area (Å²) in [7, 11) is 0. The first-order valence-corrected chi connectivity index (χ1v) is 11.5. The molecular formula is C25H23N5O5. The number of pyridine rings is 2. The van der Waals surface area contributed by atoms with Crippen molar-refractivity contribution in [2.75, 3.05) is 13.4 Å². The molecule has 1 amide bonds. The zero-order valence-electron chi connectivity index (χ0n) is 18.8. The summed E-state index contributed by atoms with van der Waals surface area (Å²) < 4.78 is 19.6. The van der Waals surface area contributed by atoms with E-state index in [1.807, 2.05) is 12.1 Å². The standard InChI is InChI=1S/C25H23N5O5/c26-22-17(24(31)27-12-15-6-7-19-20(10-15)35-14-34-19)11-18-23(30(22)13-16-4-3-9-33-16)28-21-5-1-2-8-29(21)25(18)32/h1-2,5-8,10-11,16,26H,3-4,9,12-14H2,(H,27,31)/t16-/m0/s1. The Morgan fingerprint density at radius 1 is 1.17 bits per heavy atom. The second-order valence-corrected chi connectivity index (χ2v) is 8.61. The lowest BCUT2D eigenvalue weighted by atomic mass is 10.1. The van der Waals surface area contributed by atoms with Gasteiger partial charge < -0.3 is 24.1 Å². The van der Waals surface area contributed by atoms with Gasteiger partial charge in [-0.3, -0.25) is 19.4 Å². The fraction of sp³-hybridized carbons (Fsp3) is 0.280. The Labute approximate surface area is 199 Å². The number of amides is 1. The lowest BCUT2D eigenvalue weighted by Gasteiger charge is -2.17. The molecule has 2 aliphatic rings. The van der Waals surface area contributed by atoms with Crippen LogP contribution in [0.2, 0.25) is 0 Å². The molecule has 1 aromatic carbocycles. The number of nitrogens with zero attached hydrogens (tertiary/aromatic N) is 3. The van der Waals surface area contributed by atoms with Gasteiger partial charge in [-0.1, -0.05) is 12.1 Å². The molecule has 4 aromatic rings.